The van der Waals surface area contributed by atoms with Crippen LogP contribution in [-0.2, 0) is 4.79 Å². The van der Waals surface area contributed by atoms with Crippen LogP contribution >= 0.6 is 11.6 Å². The van der Waals surface area contributed by atoms with Gasteiger partial charge in [0.05, 0.1) is 17.8 Å². The summed E-state index contributed by atoms with van der Waals surface area (Å²) in [5, 5.41) is 13.8. The van der Waals surface area contributed by atoms with Crippen LogP contribution in [0.1, 0.15) is 23.6 Å². The molecule has 6 nitrogen and oxygen atoms in total. The van der Waals surface area contributed by atoms with Crippen LogP contribution in [0.5, 0.6) is 17.2 Å². The van der Waals surface area contributed by atoms with Gasteiger partial charge in [0.1, 0.15) is 5.75 Å². The molecule has 0 heterocycles. The molecule has 0 unspecified atom stereocenters. The third-order valence-electron chi connectivity index (χ3n) is 3.60. The Labute approximate surface area is 157 Å². The molecule has 0 spiro atoms. The minimum atomic E-state index is -0.394. The summed E-state index contributed by atoms with van der Waals surface area (Å²) in [6, 6.07) is 8.71. The van der Waals surface area contributed by atoms with E-state index >= 15 is 0 Å². The van der Waals surface area contributed by atoms with Crippen LogP contribution in [0.15, 0.2) is 35.4 Å². The van der Waals surface area contributed by atoms with Crippen LogP contribution in [0.25, 0.3) is 0 Å². The Morgan fingerprint density at radius 2 is 2.00 bits per heavy atom. The number of amides is 1. The van der Waals surface area contributed by atoms with Gasteiger partial charge in [-0.25, -0.2) is 5.43 Å². The maximum absolute atomic E-state index is 11.8. The molecule has 2 aromatic rings. The van der Waals surface area contributed by atoms with Gasteiger partial charge in [0.25, 0.3) is 5.91 Å². The van der Waals surface area contributed by atoms with E-state index in [9.17, 15) is 9.90 Å². The van der Waals surface area contributed by atoms with E-state index in [4.69, 9.17) is 21.1 Å². The van der Waals surface area contributed by atoms with Crippen molar-refractivity contribution in [3.63, 3.8) is 0 Å². The number of phenolic OH excluding ortho intramolecular Hbond substituents is 1. The minimum Gasteiger partial charge on any atom is -0.503 e. The first kappa shape index (κ1) is 19.6. The SMILES string of the molecule is CCOc1cc(/C=N\NC(=O)COc2ccc(C)c(C)c2)cc(Cl)c1O. The summed E-state index contributed by atoms with van der Waals surface area (Å²) in [6.07, 6.45) is 1.40. The number of nitrogens with one attached hydrogen (secondary N) is 1. The number of hydrazone groups is 1. The van der Waals surface area contributed by atoms with Gasteiger partial charge in [-0.05, 0) is 61.7 Å². The molecule has 26 heavy (non-hydrogen) atoms. The predicted octanol–water partition coefficient (Wildman–Crippen LogP) is 3.59. The van der Waals surface area contributed by atoms with Crippen molar-refractivity contribution in [1.29, 1.82) is 0 Å². The first-order valence-corrected chi connectivity index (χ1v) is 8.45. The normalized spacial score (nSPS) is 10.8. The smallest absolute Gasteiger partial charge is 0.277 e. The van der Waals surface area contributed by atoms with E-state index in [-0.39, 0.29) is 23.1 Å². The Balaban J connectivity index is 1.91. The van der Waals surface area contributed by atoms with Crippen molar-refractivity contribution >= 4 is 23.7 Å². The fourth-order valence-corrected chi connectivity index (χ4v) is 2.32. The Kier molecular flexibility index (Phi) is 6.86. The van der Waals surface area contributed by atoms with E-state index in [0.717, 1.165) is 11.1 Å². The van der Waals surface area contributed by atoms with Gasteiger partial charge in [0.15, 0.2) is 18.1 Å². The molecule has 0 radical (unpaired) electrons. The van der Waals surface area contributed by atoms with Gasteiger partial charge in [-0.2, -0.15) is 5.10 Å². The molecule has 2 N–H and O–H groups in total. The van der Waals surface area contributed by atoms with Crippen molar-refractivity contribution < 1.29 is 19.4 Å². The Morgan fingerprint density at radius 3 is 2.69 bits per heavy atom. The van der Waals surface area contributed by atoms with Crippen molar-refractivity contribution in [2.75, 3.05) is 13.2 Å². The summed E-state index contributed by atoms with van der Waals surface area (Å²) in [5.41, 5.74) is 5.20. The summed E-state index contributed by atoms with van der Waals surface area (Å²) in [6.45, 7) is 6.01. The second-order valence-corrected chi connectivity index (χ2v) is 6.02. The summed E-state index contributed by atoms with van der Waals surface area (Å²) in [4.78, 5) is 11.8. The van der Waals surface area contributed by atoms with Gasteiger partial charge in [0.2, 0.25) is 0 Å². The lowest BCUT2D eigenvalue weighted by Crippen LogP contribution is -2.24. The van der Waals surface area contributed by atoms with Crippen LogP contribution in [0.2, 0.25) is 5.02 Å². The average molecular weight is 377 g/mol. The van der Waals surface area contributed by atoms with E-state index in [2.05, 4.69) is 10.5 Å². The van der Waals surface area contributed by atoms with Crippen LogP contribution in [0, 0.1) is 13.8 Å². The highest BCUT2D eigenvalue weighted by Crippen LogP contribution is 2.34. The molecule has 0 saturated carbocycles. The number of aromatic hydroxyl groups is 1. The van der Waals surface area contributed by atoms with E-state index in [0.29, 0.717) is 17.9 Å². The van der Waals surface area contributed by atoms with E-state index in [1.165, 1.54) is 12.3 Å². The Bertz CT molecular complexity index is 821. The third kappa shape index (κ3) is 5.39. The molecule has 0 aliphatic rings. The zero-order chi connectivity index (χ0) is 19.1. The quantitative estimate of drug-likeness (QED) is 0.571. The molecular weight excluding hydrogens is 356 g/mol. The molecule has 0 bridgehead atoms. The second-order valence-electron chi connectivity index (χ2n) is 5.61. The summed E-state index contributed by atoms with van der Waals surface area (Å²) in [5.74, 6) is 0.357. The highest BCUT2D eigenvalue weighted by Gasteiger charge is 2.09. The number of nitrogens with zero attached hydrogens (tertiary/aromatic N) is 1. The van der Waals surface area contributed by atoms with Gasteiger partial charge in [0, 0.05) is 0 Å². The van der Waals surface area contributed by atoms with Crippen molar-refractivity contribution in [2.45, 2.75) is 20.8 Å². The topological polar surface area (TPSA) is 80.2 Å². The van der Waals surface area contributed by atoms with E-state index in [1.54, 1.807) is 13.0 Å². The van der Waals surface area contributed by atoms with Gasteiger partial charge in [-0.15, -0.1) is 0 Å². The molecule has 0 aromatic heterocycles. The standard InChI is InChI=1S/C19H21ClN2O4/c1-4-25-17-9-14(8-16(20)19(17)24)10-21-22-18(23)11-26-15-6-5-12(2)13(3)7-15/h5-10,24H,4,11H2,1-3H3,(H,22,23)/b21-10-. The minimum absolute atomic E-state index is 0.128. The summed E-state index contributed by atoms with van der Waals surface area (Å²) < 4.78 is 10.7. The average Bonchev–Trinajstić information content (AvgIpc) is 2.60. The lowest BCUT2D eigenvalue weighted by Gasteiger charge is -2.08. The molecule has 7 heteroatoms. The lowest BCUT2D eigenvalue weighted by molar-refractivity contribution is -0.123. The molecule has 0 atom stereocenters. The van der Waals surface area contributed by atoms with Gasteiger partial charge in [-0.1, -0.05) is 17.7 Å². The van der Waals surface area contributed by atoms with Crippen molar-refractivity contribution in [1.82, 2.24) is 5.43 Å². The number of rotatable bonds is 7. The fourth-order valence-electron chi connectivity index (χ4n) is 2.10. The summed E-state index contributed by atoms with van der Waals surface area (Å²) in [7, 11) is 0. The number of carbonyl (C=O) groups excluding carboxylic acids is 1. The molecule has 2 aromatic carbocycles. The van der Waals surface area contributed by atoms with Crippen molar-refractivity contribution in [2.24, 2.45) is 5.10 Å². The van der Waals surface area contributed by atoms with E-state index in [1.807, 2.05) is 32.0 Å². The zero-order valence-electron chi connectivity index (χ0n) is 14.9. The largest absolute Gasteiger partial charge is 0.503 e. The van der Waals surface area contributed by atoms with Crippen LogP contribution in [0.4, 0.5) is 0 Å². The molecule has 2 rings (SSSR count). The van der Waals surface area contributed by atoms with Gasteiger partial charge >= 0.3 is 0 Å². The lowest BCUT2D eigenvalue weighted by atomic mass is 10.1. The number of aryl methyl sites for hydroxylation is 2. The number of halogens is 1. The fraction of sp³-hybridized carbons (Fsp3) is 0.263. The summed E-state index contributed by atoms with van der Waals surface area (Å²) >= 11 is 5.94. The molecule has 0 aliphatic heterocycles. The number of phenols is 1. The zero-order valence-corrected chi connectivity index (χ0v) is 15.6. The molecule has 0 fully saturated rings. The predicted molar refractivity (Wildman–Crippen MR) is 101 cm³/mol. The van der Waals surface area contributed by atoms with Gasteiger partial charge < -0.3 is 14.6 Å². The first-order chi connectivity index (χ1) is 12.4. The number of hydrogen-bond acceptors (Lipinski definition) is 5. The van der Waals surface area contributed by atoms with Crippen molar-refractivity contribution in [3.8, 4) is 17.2 Å². The first-order valence-electron chi connectivity index (χ1n) is 8.08. The van der Waals surface area contributed by atoms with Crippen LogP contribution in [-0.4, -0.2) is 30.4 Å². The van der Waals surface area contributed by atoms with E-state index < -0.39 is 5.91 Å². The Morgan fingerprint density at radius 1 is 1.23 bits per heavy atom. The molecule has 0 saturated heterocycles. The Hall–Kier alpha value is -2.73. The number of hydrogen-bond donors (Lipinski definition) is 2. The molecular formula is C19H21ClN2O4. The third-order valence-corrected chi connectivity index (χ3v) is 3.89. The number of ether oxygens (including phenoxy) is 2. The highest BCUT2D eigenvalue weighted by atomic mass is 35.5. The van der Waals surface area contributed by atoms with Crippen LogP contribution < -0.4 is 14.9 Å². The number of carbonyl (C=O) groups is 1. The monoisotopic (exact) mass is 376 g/mol. The molecule has 0 aliphatic carbocycles. The molecule has 1 amide bonds. The number of benzene rings is 2. The van der Waals surface area contributed by atoms with Crippen LogP contribution in [0.3, 0.4) is 0 Å². The maximum Gasteiger partial charge on any atom is 0.277 e. The maximum atomic E-state index is 11.8. The second kappa shape index (κ2) is 9.10. The molecule has 138 valence electrons. The van der Waals surface area contributed by atoms with Crippen molar-refractivity contribution in [3.05, 3.63) is 52.0 Å². The van der Waals surface area contributed by atoms with Gasteiger partial charge in [-0.3, -0.25) is 4.79 Å². The highest BCUT2D eigenvalue weighted by molar-refractivity contribution is 6.32.